The van der Waals surface area contributed by atoms with Crippen LogP contribution in [0.4, 0.5) is 5.69 Å². The second-order valence-electron chi connectivity index (χ2n) is 5.28. The zero-order valence-electron chi connectivity index (χ0n) is 13.7. The van der Waals surface area contributed by atoms with Crippen LogP contribution in [-0.2, 0) is 4.74 Å². The Kier molecular flexibility index (Phi) is 5.65. The fourth-order valence-electron chi connectivity index (χ4n) is 2.03. The van der Waals surface area contributed by atoms with Gasteiger partial charge in [-0.3, -0.25) is 10.1 Å². The number of methoxy groups -OCH3 is 1. The van der Waals surface area contributed by atoms with Crippen LogP contribution in [0.3, 0.4) is 0 Å². The van der Waals surface area contributed by atoms with E-state index in [1.165, 1.54) is 7.11 Å². The first-order chi connectivity index (χ1) is 11.4. The van der Waals surface area contributed by atoms with E-state index in [4.69, 9.17) is 12.2 Å². The van der Waals surface area contributed by atoms with E-state index in [2.05, 4.69) is 15.4 Å². The number of thiocarbonyl (C=S) groups is 1. The van der Waals surface area contributed by atoms with Gasteiger partial charge in [-0.15, -0.1) is 0 Å². The van der Waals surface area contributed by atoms with Crippen LogP contribution in [0, 0.1) is 13.8 Å². The van der Waals surface area contributed by atoms with Gasteiger partial charge in [-0.1, -0.05) is 6.07 Å². The summed E-state index contributed by atoms with van der Waals surface area (Å²) in [7, 11) is 1.33. The lowest BCUT2D eigenvalue weighted by Gasteiger charge is -2.11. The molecule has 0 spiro atoms. The molecule has 1 amide bonds. The minimum atomic E-state index is -0.410. The van der Waals surface area contributed by atoms with E-state index >= 15 is 0 Å². The van der Waals surface area contributed by atoms with E-state index in [9.17, 15) is 9.59 Å². The zero-order chi connectivity index (χ0) is 17.7. The second-order valence-corrected chi connectivity index (χ2v) is 5.68. The Labute approximate surface area is 146 Å². The summed E-state index contributed by atoms with van der Waals surface area (Å²) in [5.74, 6) is -0.686. The van der Waals surface area contributed by atoms with Gasteiger partial charge in [0.1, 0.15) is 0 Å². The van der Waals surface area contributed by atoms with Gasteiger partial charge in [-0.05, 0) is 73.6 Å². The summed E-state index contributed by atoms with van der Waals surface area (Å²) in [4.78, 5) is 23.6. The fourth-order valence-corrected chi connectivity index (χ4v) is 2.24. The van der Waals surface area contributed by atoms with Crippen molar-refractivity contribution in [3.63, 3.8) is 0 Å². The molecule has 5 nitrogen and oxygen atoms in total. The molecule has 0 aliphatic carbocycles. The molecule has 0 unspecified atom stereocenters. The lowest BCUT2D eigenvalue weighted by atomic mass is 10.1. The summed E-state index contributed by atoms with van der Waals surface area (Å²) < 4.78 is 4.63. The first-order valence-electron chi connectivity index (χ1n) is 7.28. The van der Waals surface area contributed by atoms with Crippen molar-refractivity contribution in [1.82, 2.24) is 5.32 Å². The molecule has 2 rings (SSSR count). The molecule has 0 fully saturated rings. The molecule has 6 heteroatoms. The van der Waals surface area contributed by atoms with Crippen molar-refractivity contribution in [2.45, 2.75) is 13.8 Å². The number of benzene rings is 2. The number of esters is 1. The third-order valence-electron chi connectivity index (χ3n) is 3.56. The third kappa shape index (κ3) is 4.39. The third-order valence-corrected chi connectivity index (χ3v) is 3.76. The lowest BCUT2D eigenvalue weighted by molar-refractivity contribution is 0.0600. The number of carbonyl (C=O) groups is 2. The van der Waals surface area contributed by atoms with Crippen molar-refractivity contribution >= 4 is 34.9 Å². The van der Waals surface area contributed by atoms with Crippen LogP contribution in [0.1, 0.15) is 31.8 Å². The van der Waals surface area contributed by atoms with Gasteiger partial charge >= 0.3 is 5.97 Å². The first kappa shape index (κ1) is 17.6. The van der Waals surface area contributed by atoms with Crippen LogP contribution in [0.2, 0.25) is 0 Å². The van der Waals surface area contributed by atoms with E-state index in [1.54, 1.807) is 30.3 Å². The summed E-state index contributed by atoms with van der Waals surface area (Å²) in [6.07, 6.45) is 0. The number of aryl methyl sites for hydroxylation is 2. The van der Waals surface area contributed by atoms with E-state index in [0.29, 0.717) is 16.8 Å². The van der Waals surface area contributed by atoms with Crippen LogP contribution < -0.4 is 10.6 Å². The molecule has 0 aromatic heterocycles. The van der Waals surface area contributed by atoms with Crippen molar-refractivity contribution in [3.05, 3.63) is 64.7 Å². The predicted molar refractivity (Wildman–Crippen MR) is 97.4 cm³/mol. The number of carbonyl (C=O) groups excluding carboxylic acids is 2. The number of nitrogens with one attached hydrogen (secondary N) is 2. The van der Waals surface area contributed by atoms with Gasteiger partial charge in [0.05, 0.1) is 12.7 Å². The molecule has 24 heavy (non-hydrogen) atoms. The Morgan fingerprint density at radius 2 is 1.58 bits per heavy atom. The molecule has 0 aliphatic rings. The van der Waals surface area contributed by atoms with Crippen LogP contribution in [0.15, 0.2) is 42.5 Å². The molecule has 0 saturated carbocycles. The average Bonchev–Trinajstić information content (AvgIpc) is 2.57. The van der Waals surface area contributed by atoms with Crippen LogP contribution in [0.25, 0.3) is 0 Å². The summed E-state index contributed by atoms with van der Waals surface area (Å²) in [6, 6.07) is 12.1. The number of hydrogen-bond acceptors (Lipinski definition) is 4. The maximum absolute atomic E-state index is 12.2. The van der Waals surface area contributed by atoms with Gasteiger partial charge in [-0.2, -0.15) is 0 Å². The predicted octanol–water partition coefficient (Wildman–Crippen LogP) is 3.22. The molecule has 0 heterocycles. The van der Waals surface area contributed by atoms with Gasteiger partial charge < -0.3 is 10.1 Å². The van der Waals surface area contributed by atoms with E-state index in [1.807, 2.05) is 26.0 Å². The largest absolute Gasteiger partial charge is 0.465 e. The molecule has 124 valence electrons. The summed E-state index contributed by atoms with van der Waals surface area (Å²) in [5.41, 5.74) is 3.81. The number of amides is 1. The van der Waals surface area contributed by atoms with E-state index < -0.39 is 5.97 Å². The van der Waals surface area contributed by atoms with Crippen molar-refractivity contribution in [2.24, 2.45) is 0 Å². The Balaban J connectivity index is 1.98. The molecule has 0 saturated heterocycles. The fraction of sp³-hybridized carbons (Fsp3) is 0.167. The van der Waals surface area contributed by atoms with Gasteiger partial charge in [0, 0.05) is 11.3 Å². The van der Waals surface area contributed by atoms with Crippen molar-refractivity contribution in [3.8, 4) is 0 Å². The molecule has 2 aromatic carbocycles. The van der Waals surface area contributed by atoms with Crippen molar-refractivity contribution < 1.29 is 14.3 Å². The average molecular weight is 342 g/mol. The smallest absolute Gasteiger partial charge is 0.337 e. The van der Waals surface area contributed by atoms with Gasteiger partial charge in [0.25, 0.3) is 5.91 Å². The highest BCUT2D eigenvalue weighted by Crippen LogP contribution is 2.11. The minimum Gasteiger partial charge on any atom is -0.465 e. The Morgan fingerprint density at radius 1 is 0.958 bits per heavy atom. The Bertz CT molecular complexity index is 785. The van der Waals surface area contributed by atoms with Crippen LogP contribution in [-0.4, -0.2) is 24.1 Å². The normalized spacial score (nSPS) is 9.96. The molecule has 0 aliphatic heterocycles. The highest BCUT2D eigenvalue weighted by molar-refractivity contribution is 7.80. The Morgan fingerprint density at radius 3 is 2.17 bits per heavy atom. The summed E-state index contributed by atoms with van der Waals surface area (Å²) in [5, 5.41) is 5.71. The molecule has 0 bridgehead atoms. The topological polar surface area (TPSA) is 67.4 Å². The molecular formula is C18H18N2O3S. The number of anilines is 1. The molecule has 0 atom stereocenters. The SMILES string of the molecule is COC(=O)c1ccc(NC(=S)NC(=O)c2ccc(C)c(C)c2)cc1. The quantitative estimate of drug-likeness (QED) is 0.662. The van der Waals surface area contributed by atoms with Crippen molar-refractivity contribution in [1.29, 1.82) is 0 Å². The number of hydrogen-bond donors (Lipinski definition) is 2. The molecule has 2 aromatic rings. The number of rotatable bonds is 3. The molecule has 0 radical (unpaired) electrons. The number of ether oxygens (including phenoxy) is 1. The Hall–Kier alpha value is -2.73. The van der Waals surface area contributed by atoms with Gasteiger partial charge in [0.15, 0.2) is 5.11 Å². The molecule has 2 N–H and O–H groups in total. The molecular weight excluding hydrogens is 324 g/mol. The zero-order valence-corrected chi connectivity index (χ0v) is 14.5. The maximum Gasteiger partial charge on any atom is 0.337 e. The van der Waals surface area contributed by atoms with Gasteiger partial charge in [0.2, 0.25) is 0 Å². The second kappa shape index (κ2) is 7.70. The summed E-state index contributed by atoms with van der Waals surface area (Å²) in [6.45, 7) is 3.94. The van der Waals surface area contributed by atoms with Crippen LogP contribution in [0.5, 0.6) is 0 Å². The van der Waals surface area contributed by atoms with Crippen LogP contribution >= 0.6 is 12.2 Å². The van der Waals surface area contributed by atoms with Crippen molar-refractivity contribution in [2.75, 3.05) is 12.4 Å². The maximum atomic E-state index is 12.2. The minimum absolute atomic E-state index is 0.184. The lowest BCUT2D eigenvalue weighted by Crippen LogP contribution is -2.34. The van der Waals surface area contributed by atoms with E-state index in [0.717, 1.165) is 11.1 Å². The monoisotopic (exact) mass is 342 g/mol. The first-order valence-corrected chi connectivity index (χ1v) is 7.69. The summed E-state index contributed by atoms with van der Waals surface area (Å²) >= 11 is 5.14. The highest BCUT2D eigenvalue weighted by Gasteiger charge is 2.09. The highest BCUT2D eigenvalue weighted by atomic mass is 32.1. The standard InChI is InChI=1S/C18H18N2O3S/c1-11-4-5-14(10-12(11)2)16(21)20-18(24)19-15-8-6-13(7-9-15)17(22)23-3/h4-10H,1-3H3,(H2,19,20,21,24). The van der Waals surface area contributed by atoms with Gasteiger partial charge in [-0.25, -0.2) is 4.79 Å². The van der Waals surface area contributed by atoms with E-state index in [-0.39, 0.29) is 11.0 Å².